The molecule has 1 heterocycles. The molecule has 0 aromatic heterocycles. The number of alkyl halides is 2. The van der Waals surface area contributed by atoms with Gasteiger partial charge in [-0.25, -0.2) is 8.78 Å². The van der Waals surface area contributed by atoms with E-state index in [1.54, 1.807) is 17.0 Å². The largest absolute Gasteiger partial charge is 0.492 e. The Kier molecular flexibility index (Phi) is 7.39. The van der Waals surface area contributed by atoms with Crippen LogP contribution in [0.4, 0.5) is 8.78 Å². The molecule has 162 valence electrons. The zero-order valence-electron chi connectivity index (χ0n) is 17.1. The monoisotopic (exact) mass is 418 g/mol. The van der Waals surface area contributed by atoms with Crippen LogP contribution in [0.5, 0.6) is 5.75 Å². The Morgan fingerprint density at radius 2 is 1.93 bits per heavy atom. The van der Waals surface area contributed by atoms with Crippen LogP contribution >= 0.6 is 0 Å². The van der Waals surface area contributed by atoms with Crippen molar-refractivity contribution in [2.75, 3.05) is 19.7 Å². The van der Waals surface area contributed by atoms with E-state index in [0.717, 1.165) is 11.1 Å². The van der Waals surface area contributed by atoms with Gasteiger partial charge >= 0.3 is 0 Å². The smallest absolute Gasteiger partial charge is 0.251 e. The van der Waals surface area contributed by atoms with Crippen LogP contribution in [-0.2, 0) is 11.4 Å². The van der Waals surface area contributed by atoms with Gasteiger partial charge in [0.25, 0.3) is 5.92 Å². The maximum Gasteiger partial charge on any atom is 0.251 e. The molecule has 3 rings (SSSR count). The molecule has 5 nitrogen and oxygen atoms in total. The minimum Gasteiger partial charge on any atom is -0.492 e. The van der Waals surface area contributed by atoms with Crippen molar-refractivity contribution in [2.45, 2.75) is 44.4 Å². The Morgan fingerprint density at radius 1 is 1.23 bits per heavy atom. The number of nitrogens with one attached hydrogen (secondary N) is 1. The first-order valence-corrected chi connectivity index (χ1v) is 10.2. The SMILES string of the molecule is C[C@H](NC(=O)[C@H]1CC(F)(F)CCN1CCOc1ccccc1)c1ccc(CO)cc1. The molecule has 2 atom stereocenters. The highest BCUT2D eigenvalue weighted by Gasteiger charge is 2.43. The van der Waals surface area contributed by atoms with E-state index in [1.165, 1.54) is 0 Å². The van der Waals surface area contributed by atoms with Gasteiger partial charge < -0.3 is 15.2 Å². The maximum atomic E-state index is 14.1. The lowest BCUT2D eigenvalue weighted by molar-refractivity contribution is -0.138. The molecular formula is C23H28F2N2O3. The molecule has 1 fully saturated rings. The number of piperidine rings is 1. The van der Waals surface area contributed by atoms with Gasteiger partial charge in [0.05, 0.1) is 18.7 Å². The molecule has 1 amide bonds. The number of para-hydroxylation sites is 1. The number of rotatable bonds is 8. The van der Waals surface area contributed by atoms with Gasteiger partial charge in [-0.05, 0) is 30.2 Å². The number of hydrogen-bond donors (Lipinski definition) is 2. The summed E-state index contributed by atoms with van der Waals surface area (Å²) in [6.07, 6.45) is -0.763. The third-order valence-corrected chi connectivity index (χ3v) is 5.41. The van der Waals surface area contributed by atoms with Crippen molar-refractivity contribution < 1.29 is 23.4 Å². The summed E-state index contributed by atoms with van der Waals surface area (Å²) in [5.41, 5.74) is 1.62. The van der Waals surface area contributed by atoms with Crippen LogP contribution in [0.3, 0.4) is 0 Å². The van der Waals surface area contributed by atoms with Crippen LogP contribution in [-0.4, -0.2) is 47.6 Å². The van der Waals surface area contributed by atoms with Crippen molar-refractivity contribution >= 4 is 5.91 Å². The second kappa shape index (κ2) is 10.00. The van der Waals surface area contributed by atoms with Gasteiger partial charge in [0.2, 0.25) is 5.91 Å². The van der Waals surface area contributed by atoms with E-state index in [1.807, 2.05) is 49.4 Å². The number of ether oxygens (including phenoxy) is 1. The molecule has 0 unspecified atom stereocenters. The summed E-state index contributed by atoms with van der Waals surface area (Å²) >= 11 is 0. The number of likely N-dealkylation sites (tertiary alicyclic amines) is 1. The van der Waals surface area contributed by atoms with E-state index in [2.05, 4.69) is 5.32 Å². The predicted molar refractivity (Wildman–Crippen MR) is 110 cm³/mol. The Hall–Kier alpha value is -2.51. The Bertz CT molecular complexity index is 815. The first-order chi connectivity index (χ1) is 14.4. The molecule has 30 heavy (non-hydrogen) atoms. The first kappa shape index (κ1) is 22.2. The molecule has 1 aliphatic rings. The normalized spacial score (nSPS) is 19.8. The molecule has 2 N–H and O–H groups in total. The quantitative estimate of drug-likeness (QED) is 0.689. The van der Waals surface area contributed by atoms with Crippen molar-refractivity contribution in [3.8, 4) is 5.75 Å². The fraction of sp³-hybridized carbons (Fsp3) is 0.435. The van der Waals surface area contributed by atoms with Crippen LogP contribution in [0.2, 0.25) is 0 Å². The van der Waals surface area contributed by atoms with E-state index >= 15 is 0 Å². The van der Waals surface area contributed by atoms with E-state index in [-0.39, 0.29) is 25.6 Å². The van der Waals surface area contributed by atoms with Crippen molar-refractivity contribution in [1.29, 1.82) is 0 Å². The summed E-state index contributed by atoms with van der Waals surface area (Å²) in [5, 5.41) is 12.0. The summed E-state index contributed by atoms with van der Waals surface area (Å²) in [6.45, 7) is 2.61. The number of carbonyl (C=O) groups excluding carboxylic acids is 1. The molecule has 2 aromatic rings. The lowest BCUT2D eigenvalue weighted by atomic mass is 9.97. The molecule has 1 aliphatic heterocycles. The van der Waals surface area contributed by atoms with Crippen LogP contribution in [0.25, 0.3) is 0 Å². The highest BCUT2D eigenvalue weighted by molar-refractivity contribution is 5.82. The van der Waals surface area contributed by atoms with Crippen molar-refractivity contribution in [3.63, 3.8) is 0 Å². The number of aliphatic hydroxyl groups is 1. The number of nitrogens with zero attached hydrogens (tertiary/aromatic N) is 1. The molecule has 0 saturated carbocycles. The van der Waals surface area contributed by atoms with E-state index in [9.17, 15) is 13.6 Å². The number of halogens is 2. The van der Waals surface area contributed by atoms with Gasteiger partial charge in [-0.1, -0.05) is 42.5 Å². The second-order valence-electron chi connectivity index (χ2n) is 7.65. The van der Waals surface area contributed by atoms with Crippen LogP contribution in [0.1, 0.15) is 36.9 Å². The molecule has 0 bridgehead atoms. The Balaban J connectivity index is 1.61. The van der Waals surface area contributed by atoms with E-state index < -0.39 is 24.3 Å². The second-order valence-corrected chi connectivity index (χ2v) is 7.65. The lowest BCUT2D eigenvalue weighted by Gasteiger charge is -2.38. The number of carbonyl (C=O) groups is 1. The average molecular weight is 418 g/mol. The standard InChI is InChI=1S/C23H28F2N2O3/c1-17(19-9-7-18(16-28)8-10-19)26-22(29)21-15-23(24,25)11-12-27(21)13-14-30-20-5-3-2-4-6-20/h2-10,17,21,28H,11-16H2,1H3,(H,26,29)/t17-,21+/m0/s1. The molecule has 0 aliphatic carbocycles. The van der Waals surface area contributed by atoms with Gasteiger partial charge in [0, 0.05) is 25.9 Å². The van der Waals surface area contributed by atoms with Crippen molar-refractivity contribution in [1.82, 2.24) is 10.2 Å². The topological polar surface area (TPSA) is 61.8 Å². The summed E-state index contributed by atoms with van der Waals surface area (Å²) < 4.78 is 33.8. The van der Waals surface area contributed by atoms with Crippen molar-refractivity contribution in [2.24, 2.45) is 0 Å². The summed E-state index contributed by atoms with van der Waals surface area (Å²) in [6, 6.07) is 15.2. The predicted octanol–water partition coefficient (Wildman–Crippen LogP) is 3.53. The fourth-order valence-electron chi connectivity index (χ4n) is 3.61. The zero-order valence-corrected chi connectivity index (χ0v) is 17.1. The van der Waals surface area contributed by atoms with Gasteiger partial charge in [-0.3, -0.25) is 9.69 Å². The fourth-order valence-corrected chi connectivity index (χ4v) is 3.61. The van der Waals surface area contributed by atoms with Gasteiger partial charge in [0.15, 0.2) is 0 Å². The summed E-state index contributed by atoms with van der Waals surface area (Å²) in [7, 11) is 0. The van der Waals surface area contributed by atoms with Crippen LogP contribution in [0, 0.1) is 0 Å². The zero-order chi connectivity index (χ0) is 21.6. The first-order valence-electron chi connectivity index (χ1n) is 10.2. The minimum atomic E-state index is -2.86. The summed E-state index contributed by atoms with van der Waals surface area (Å²) in [4.78, 5) is 14.6. The Labute approximate surface area is 175 Å². The van der Waals surface area contributed by atoms with Crippen LogP contribution in [0.15, 0.2) is 54.6 Å². The number of aliphatic hydroxyl groups excluding tert-OH is 1. The van der Waals surface area contributed by atoms with Gasteiger partial charge in [-0.15, -0.1) is 0 Å². The number of hydrogen-bond acceptors (Lipinski definition) is 4. The highest BCUT2D eigenvalue weighted by Crippen LogP contribution is 2.32. The molecule has 1 saturated heterocycles. The van der Waals surface area contributed by atoms with Gasteiger partial charge in [0.1, 0.15) is 12.4 Å². The Morgan fingerprint density at radius 3 is 2.60 bits per heavy atom. The molecule has 0 radical (unpaired) electrons. The minimum absolute atomic E-state index is 0.0574. The third-order valence-electron chi connectivity index (χ3n) is 5.41. The molecule has 7 heteroatoms. The van der Waals surface area contributed by atoms with Crippen molar-refractivity contribution in [3.05, 3.63) is 65.7 Å². The van der Waals surface area contributed by atoms with E-state index in [0.29, 0.717) is 18.9 Å². The summed E-state index contributed by atoms with van der Waals surface area (Å²) in [5.74, 6) is -2.56. The molecule has 0 spiro atoms. The molecular weight excluding hydrogens is 390 g/mol. The van der Waals surface area contributed by atoms with E-state index in [4.69, 9.17) is 9.84 Å². The third kappa shape index (κ3) is 6.00. The lowest BCUT2D eigenvalue weighted by Crippen LogP contribution is -2.55. The highest BCUT2D eigenvalue weighted by atomic mass is 19.3. The number of benzene rings is 2. The maximum absolute atomic E-state index is 14.1. The van der Waals surface area contributed by atoms with Crippen LogP contribution < -0.4 is 10.1 Å². The number of amides is 1. The van der Waals surface area contributed by atoms with Gasteiger partial charge in [-0.2, -0.15) is 0 Å². The molecule has 2 aromatic carbocycles. The average Bonchev–Trinajstić information content (AvgIpc) is 2.75.